The van der Waals surface area contributed by atoms with E-state index >= 15 is 0 Å². The fraction of sp³-hybridized carbons (Fsp3) is 0.500. The first kappa shape index (κ1) is 8.77. The van der Waals surface area contributed by atoms with Gasteiger partial charge in [-0.15, -0.1) is 18.2 Å². The van der Waals surface area contributed by atoms with E-state index in [2.05, 4.69) is 25.7 Å². The van der Waals surface area contributed by atoms with E-state index in [9.17, 15) is 0 Å². The molecule has 0 rings (SSSR count). The lowest BCUT2D eigenvalue weighted by molar-refractivity contribution is 1.05. The topological polar surface area (TPSA) is 0 Å². The van der Waals surface area contributed by atoms with Crippen LogP contribution >= 0.6 is 11.6 Å². The Morgan fingerprint density at radius 2 is 2.22 bits per heavy atom. The molecule has 0 nitrogen and oxygen atoms in total. The third kappa shape index (κ3) is 5.64. The van der Waals surface area contributed by atoms with Gasteiger partial charge in [-0.2, -0.15) is 0 Å². The van der Waals surface area contributed by atoms with E-state index in [4.69, 9.17) is 11.6 Å². The van der Waals surface area contributed by atoms with E-state index in [0.717, 1.165) is 12.8 Å². The van der Waals surface area contributed by atoms with Crippen LogP contribution in [-0.2, 0) is 0 Å². The molecule has 0 aromatic heterocycles. The van der Waals surface area contributed by atoms with Gasteiger partial charge in [-0.25, -0.2) is 0 Å². The smallest absolute Gasteiger partial charge is 0.0547 e. The first-order chi connectivity index (χ1) is 4.31. The zero-order valence-corrected chi connectivity index (χ0v) is 6.56. The van der Waals surface area contributed by atoms with Crippen LogP contribution in [0.5, 0.6) is 0 Å². The summed E-state index contributed by atoms with van der Waals surface area (Å²) in [5.41, 5.74) is 0. The second-order valence-electron chi connectivity index (χ2n) is 1.87. The Balaban J connectivity index is 3.25. The first-order valence-electron chi connectivity index (χ1n) is 3.22. The van der Waals surface area contributed by atoms with Crippen molar-refractivity contribution in [2.45, 2.75) is 25.1 Å². The summed E-state index contributed by atoms with van der Waals surface area (Å²) in [6, 6.07) is 0. The minimum absolute atomic E-state index is 0.104. The predicted molar refractivity (Wildman–Crippen MR) is 43.9 cm³/mol. The molecule has 9 heavy (non-hydrogen) atoms. The fourth-order valence-corrected chi connectivity index (χ4v) is 0.592. The third-order valence-corrected chi connectivity index (χ3v) is 1.38. The molecule has 1 atom stereocenters. The van der Waals surface area contributed by atoms with Crippen LogP contribution in [0.2, 0.25) is 0 Å². The molecule has 0 spiro atoms. The fourth-order valence-electron chi connectivity index (χ4n) is 0.489. The van der Waals surface area contributed by atoms with Crippen LogP contribution in [0.3, 0.4) is 0 Å². The number of hydrogen-bond donors (Lipinski definition) is 0. The lowest BCUT2D eigenvalue weighted by Crippen LogP contribution is -1.87. The molecule has 0 N–H and O–H groups in total. The van der Waals surface area contributed by atoms with Crippen molar-refractivity contribution in [3.63, 3.8) is 0 Å². The zero-order chi connectivity index (χ0) is 7.11. The van der Waals surface area contributed by atoms with Crippen molar-refractivity contribution >= 4 is 11.6 Å². The van der Waals surface area contributed by atoms with E-state index in [1.54, 1.807) is 6.08 Å². The van der Waals surface area contributed by atoms with Gasteiger partial charge in [0.1, 0.15) is 0 Å². The predicted octanol–water partition coefficient (Wildman–Crippen LogP) is 3.14. The van der Waals surface area contributed by atoms with Crippen molar-refractivity contribution in [3.05, 3.63) is 24.8 Å². The van der Waals surface area contributed by atoms with Crippen molar-refractivity contribution in [2.75, 3.05) is 0 Å². The highest BCUT2D eigenvalue weighted by Crippen LogP contribution is 2.03. The second-order valence-corrected chi connectivity index (χ2v) is 2.43. The standard InChI is InChI=1S/C8H13Cl/c1-3-5-6-7-8(9)4-2/h4-6,8H,2-3,7H2,1H3/b6-5-. The third-order valence-electron chi connectivity index (χ3n) is 1.02. The molecule has 0 aliphatic rings. The normalized spacial score (nSPS) is 14.0. The molecular formula is C8H13Cl. The zero-order valence-electron chi connectivity index (χ0n) is 5.81. The van der Waals surface area contributed by atoms with Crippen LogP contribution in [0.15, 0.2) is 24.8 Å². The van der Waals surface area contributed by atoms with Crippen molar-refractivity contribution in [2.24, 2.45) is 0 Å². The molecule has 0 fully saturated rings. The molecule has 0 aliphatic heterocycles. The Morgan fingerprint density at radius 1 is 1.56 bits per heavy atom. The van der Waals surface area contributed by atoms with Gasteiger partial charge in [0.25, 0.3) is 0 Å². The lowest BCUT2D eigenvalue weighted by Gasteiger charge is -1.94. The van der Waals surface area contributed by atoms with Gasteiger partial charge in [-0.05, 0) is 12.8 Å². The maximum atomic E-state index is 5.73. The maximum Gasteiger partial charge on any atom is 0.0547 e. The van der Waals surface area contributed by atoms with Crippen molar-refractivity contribution in [1.29, 1.82) is 0 Å². The molecular weight excluding hydrogens is 132 g/mol. The quantitative estimate of drug-likeness (QED) is 0.420. The van der Waals surface area contributed by atoms with Gasteiger partial charge in [0, 0.05) is 0 Å². The largest absolute Gasteiger partial charge is 0.118 e. The van der Waals surface area contributed by atoms with Crippen LogP contribution in [0, 0.1) is 0 Å². The van der Waals surface area contributed by atoms with E-state index in [1.807, 2.05) is 0 Å². The summed E-state index contributed by atoms with van der Waals surface area (Å²) in [4.78, 5) is 0. The van der Waals surface area contributed by atoms with Gasteiger partial charge >= 0.3 is 0 Å². The number of allylic oxidation sites excluding steroid dienone is 3. The van der Waals surface area contributed by atoms with Crippen molar-refractivity contribution in [3.8, 4) is 0 Å². The maximum absolute atomic E-state index is 5.73. The molecule has 52 valence electrons. The van der Waals surface area contributed by atoms with Gasteiger partial charge in [0.15, 0.2) is 0 Å². The molecule has 0 heterocycles. The van der Waals surface area contributed by atoms with Crippen LogP contribution in [-0.4, -0.2) is 5.38 Å². The molecule has 0 bridgehead atoms. The molecule has 1 heteroatoms. The average molecular weight is 145 g/mol. The molecule has 1 unspecified atom stereocenters. The highest BCUT2D eigenvalue weighted by Gasteiger charge is 1.91. The van der Waals surface area contributed by atoms with Crippen molar-refractivity contribution < 1.29 is 0 Å². The first-order valence-corrected chi connectivity index (χ1v) is 3.66. The minimum atomic E-state index is 0.104. The summed E-state index contributed by atoms with van der Waals surface area (Å²) >= 11 is 5.73. The molecule has 0 aromatic rings. The van der Waals surface area contributed by atoms with E-state index in [-0.39, 0.29) is 5.38 Å². The van der Waals surface area contributed by atoms with Gasteiger partial charge in [0.2, 0.25) is 0 Å². The summed E-state index contributed by atoms with van der Waals surface area (Å²) in [5, 5.41) is 0.104. The number of halogens is 1. The van der Waals surface area contributed by atoms with E-state index in [0.29, 0.717) is 0 Å². The summed E-state index contributed by atoms with van der Waals surface area (Å²) in [7, 11) is 0. The van der Waals surface area contributed by atoms with Crippen LogP contribution in [0.25, 0.3) is 0 Å². The molecule has 0 amide bonds. The lowest BCUT2D eigenvalue weighted by atomic mass is 10.2. The highest BCUT2D eigenvalue weighted by molar-refractivity contribution is 6.21. The number of hydrogen-bond acceptors (Lipinski definition) is 0. The Kier molecular flexibility index (Phi) is 5.75. The van der Waals surface area contributed by atoms with Gasteiger partial charge in [0.05, 0.1) is 5.38 Å². The Labute approximate surface area is 62.2 Å². The highest BCUT2D eigenvalue weighted by atomic mass is 35.5. The SMILES string of the molecule is C=CC(Cl)C/C=C\CC. The number of rotatable bonds is 4. The summed E-state index contributed by atoms with van der Waals surface area (Å²) in [6.45, 7) is 5.68. The molecule has 0 radical (unpaired) electrons. The Morgan fingerprint density at radius 3 is 2.67 bits per heavy atom. The van der Waals surface area contributed by atoms with Gasteiger partial charge in [-0.3, -0.25) is 0 Å². The van der Waals surface area contributed by atoms with E-state index in [1.165, 1.54) is 0 Å². The average Bonchev–Trinajstić information content (AvgIpc) is 1.89. The van der Waals surface area contributed by atoms with Crippen LogP contribution in [0.4, 0.5) is 0 Å². The van der Waals surface area contributed by atoms with Crippen LogP contribution in [0.1, 0.15) is 19.8 Å². The molecule has 0 aliphatic carbocycles. The Hall–Kier alpha value is -0.230. The van der Waals surface area contributed by atoms with Crippen LogP contribution < -0.4 is 0 Å². The monoisotopic (exact) mass is 144 g/mol. The summed E-state index contributed by atoms with van der Waals surface area (Å²) < 4.78 is 0. The number of alkyl halides is 1. The van der Waals surface area contributed by atoms with E-state index < -0.39 is 0 Å². The minimum Gasteiger partial charge on any atom is -0.118 e. The van der Waals surface area contributed by atoms with Gasteiger partial charge in [-0.1, -0.05) is 25.2 Å². The summed E-state index contributed by atoms with van der Waals surface area (Å²) in [6.07, 6.45) is 7.93. The second kappa shape index (κ2) is 5.90. The summed E-state index contributed by atoms with van der Waals surface area (Å²) in [5.74, 6) is 0. The Bertz CT molecular complexity index is 94.7. The molecule has 0 aromatic carbocycles. The van der Waals surface area contributed by atoms with Crippen molar-refractivity contribution in [1.82, 2.24) is 0 Å². The molecule has 0 saturated heterocycles. The van der Waals surface area contributed by atoms with Gasteiger partial charge < -0.3 is 0 Å². The molecule has 0 saturated carbocycles.